The smallest absolute Gasteiger partial charge is 0.266 e. The van der Waals surface area contributed by atoms with Gasteiger partial charge in [-0.1, -0.05) is 24.0 Å². The number of fused-ring (bicyclic) bond motifs is 1. The molecule has 2 N–H and O–H groups in total. The molecule has 0 aliphatic carbocycles. The predicted octanol–water partition coefficient (Wildman–Crippen LogP) is 4.96. The number of hydrogen-bond acceptors (Lipinski definition) is 5. The van der Waals surface area contributed by atoms with Gasteiger partial charge in [-0.3, -0.25) is 19.2 Å². The Labute approximate surface area is 235 Å². The Hall–Kier alpha value is -6.12. The zero-order chi connectivity index (χ0) is 29.1. The molecule has 0 fully saturated rings. The maximum absolute atomic E-state index is 13.4. The Morgan fingerprint density at radius 3 is 1.76 bits per heavy atom. The van der Waals surface area contributed by atoms with Crippen molar-refractivity contribution in [1.82, 2.24) is 0 Å². The van der Waals surface area contributed by atoms with E-state index in [2.05, 4.69) is 22.5 Å². The summed E-state index contributed by atoms with van der Waals surface area (Å²) in [5.74, 6) is 3.04. The third-order valence-corrected chi connectivity index (χ3v) is 6.37. The summed E-state index contributed by atoms with van der Waals surface area (Å²) in [5.41, 5.74) is 2.42. The number of methoxy groups -OCH3 is 1. The van der Waals surface area contributed by atoms with Gasteiger partial charge in [0, 0.05) is 33.6 Å². The first-order valence-electron chi connectivity index (χ1n) is 12.3. The Balaban J connectivity index is 1.55. The maximum Gasteiger partial charge on any atom is 0.266 e. The number of benzene rings is 4. The van der Waals surface area contributed by atoms with Crippen LogP contribution in [0.3, 0.4) is 0 Å². The molecule has 1 aliphatic rings. The van der Waals surface area contributed by atoms with Crippen LogP contribution in [0.2, 0.25) is 0 Å². The molecule has 1 aliphatic heterocycles. The van der Waals surface area contributed by atoms with Crippen molar-refractivity contribution in [2.45, 2.75) is 0 Å². The molecule has 8 heteroatoms. The van der Waals surface area contributed by atoms with Gasteiger partial charge in [0.25, 0.3) is 23.6 Å². The number of amides is 4. The molecule has 1 heterocycles. The van der Waals surface area contributed by atoms with Gasteiger partial charge in [0.05, 0.1) is 23.9 Å². The number of ether oxygens (including phenoxy) is 1. The highest BCUT2D eigenvalue weighted by molar-refractivity contribution is 6.35. The molecule has 8 nitrogen and oxygen atoms in total. The van der Waals surface area contributed by atoms with Crippen molar-refractivity contribution in [2.75, 3.05) is 22.6 Å². The minimum Gasteiger partial charge on any atom is -0.497 e. The number of carbonyl (C=O) groups is 4. The fourth-order valence-corrected chi connectivity index (χ4v) is 4.36. The first-order chi connectivity index (χ1) is 19.8. The second kappa shape index (κ2) is 10.9. The van der Waals surface area contributed by atoms with E-state index in [1.54, 1.807) is 54.6 Å². The number of nitrogens with one attached hydrogen (secondary N) is 2. The van der Waals surface area contributed by atoms with Gasteiger partial charge >= 0.3 is 0 Å². The molecular weight excluding hydrogens is 518 g/mol. The zero-order valence-corrected chi connectivity index (χ0v) is 21.7. The van der Waals surface area contributed by atoms with Crippen LogP contribution in [0.15, 0.2) is 84.9 Å². The molecule has 4 amide bonds. The molecule has 41 heavy (non-hydrogen) atoms. The maximum atomic E-state index is 13.4. The third kappa shape index (κ3) is 5.26. The fraction of sp³-hybridized carbons (Fsp3) is 0.0303. The van der Waals surface area contributed by atoms with E-state index < -0.39 is 23.6 Å². The molecular formula is C33H21N3O5. The van der Waals surface area contributed by atoms with E-state index in [0.29, 0.717) is 28.3 Å². The number of terminal acetylenes is 2. The monoisotopic (exact) mass is 539 g/mol. The number of anilines is 3. The quantitative estimate of drug-likeness (QED) is 0.266. The lowest BCUT2D eigenvalue weighted by Crippen LogP contribution is -2.30. The summed E-state index contributed by atoms with van der Waals surface area (Å²) in [4.78, 5) is 54.3. The molecule has 4 aromatic carbocycles. The second-order valence-electron chi connectivity index (χ2n) is 8.98. The van der Waals surface area contributed by atoms with E-state index in [4.69, 9.17) is 17.6 Å². The van der Waals surface area contributed by atoms with Gasteiger partial charge in [0.1, 0.15) is 5.75 Å². The standard InChI is InChI=1S/C33H21N3O5/c1-4-20-8-6-10-24(14-20)34-30(37)22-16-23(31(38)35-25-11-7-9-21(5-2)15-25)18-26(17-22)36-32(39)28-13-12-27(41-3)19-29(28)33(36)40/h1-2,6-19H,3H3,(H,34,37)(H,35,38). The van der Waals surface area contributed by atoms with Crippen LogP contribution in [-0.2, 0) is 0 Å². The van der Waals surface area contributed by atoms with Crippen molar-refractivity contribution >= 4 is 40.7 Å². The van der Waals surface area contributed by atoms with Crippen LogP contribution in [0.25, 0.3) is 0 Å². The minimum atomic E-state index is -0.615. The van der Waals surface area contributed by atoms with Crippen LogP contribution in [0.1, 0.15) is 52.6 Å². The van der Waals surface area contributed by atoms with Crippen LogP contribution < -0.4 is 20.3 Å². The number of imide groups is 1. The van der Waals surface area contributed by atoms with Crippen molar-refractivity contribution in [3.8, 4) is 30.4 Å². The first-order valence-corrected chi connectivity index (χ1v) is 12.3. The minimum absolute atomic E-state index is 0.0327. The summed E-state index contributed by atoms with van der Waals surface area (Å²) in [6, 6.07) is 22.0. The highest BCUT2D eigenvalue weighted by atomic mass is 16.5. The van der Waals surface area contributed by atoms with E-state index in [9.17, 15) is 19.2 Å². The second-order valence-corrected chi connectivity index (χ2v) is 8.98. The SMILES string of the molecule is C#Cc1cccc(NC(=O)c2cc(C(=O)Nc3cccc(C#C)c3)cc(N3C(=O)c4ccc(OC)cc4C3=O)c2)c1. The topological polar surface area (TPSA) is 105 Å². The Morgan fingerprint density at radius 2 is 1.24 bits per heavy atom. The van der Waals surface area contributed by atoms with Crippen molar-refractivity contribution in [1.29, 1.82) is 0 Å². The Bertz CT molecular complexity index is 1750. The predicted molar refractivity (Wildman–Crippen MR) is 155 cm³/mol. The number of rotatable bonds is 6. The van der Waals surface area contributed by atoms with E-state index in [0.717, 1.165) is 4.90 Å². The normalized spacial score (nSPS) is 11.7. The van der Waals surface area contributed by atoms with Crippen LogP contribution in [-0.4, -0.2) is 30.7 Å². The van der Waals surface area contributed by atoms with Gasteiger partial charge in [-0.25, -0.2) is 4.90 Å². The number of hydrogen-bond donors (Lipinski definition) is 2. The summed E-state index contributed by atoms with van der Waals surface area (Å²) in [7, 11) is 1.45. The molecule has 4 aromatic rings. The summed E-state index contributed by atoms with van der Waals surface area (Å²) in [5, 5.41) is 5.49. The lowest BCUT2D eigenvalue weighted by molar-refractivity contribution is 0.0922. The highest BCUT2D eigenvalue weighted by Crippen LogP contribution is 2.32. The van der Waals surface area contributed by atoms with Crippen LogP contribution >= 0.6 is 0 Å². The van der Waals surface area contributed by atoms with Gasteiger partial charge in [0.15, 0.2) is 0 Å². The molecule has 5 rings (SSSR count). The van der Waals surface area contributed by atoms with Crippen molar-refractivity contribution in [3.05, 3.63) is 118 Å². The van der Waals surface area contributed by atoms with E-state index in [1.807, 2.05) is 0 Å². The largest absolute Gasteiger partial charge is 0.497 e. The Morgan fingerprint density at radius 1 is 0.707 bits per heavy atom. The molecule has 0 saturated heterocycles. The van der Waals surface area contributed by atoms with Crippen LogP contribution in [0.5, 0.6) is 5.75 Å². The van der Waals surface area contributed by atoms with E-state index >= 15 is 0 Å². The van der Waals surface area contributed by atoms with Gasteiger partial charge in [-0.15, -0.1) is 12.8 Å². The molecule has 0 bridgehead atoms. The van der Waals surface area contributed by atoms with Gasteiger partial charge in [-0.2, -0.15) is 0 Å². The Kier molecular flexibility index (Phi) is 7.06. The highest BCUT2D eigenvalue weighted by Gasteiger charge is 2.37. The molecule has 0 unspecified atom stereocenters. The first kappa shape index (κ1) is 26.5. The zero-order valence-electron chi connectivity index (χ0n) is 21.7. The summed E-state index contributed by atoms with van der Waals surface area (Å²) >= 11 is 0. The summed E-state index contributed by atoms with van der Waals surface area (Å²) in [6.07, 6.45) is 10.9. The molecule has 0 atom stereocenters. The molecule has 0 aromatic heterocycles. The lowest BCUT2D eigenvalue weighted by Gasteiger charge is -2.17. The van der Waals surface area contributed by atoms with Crippen molar-refractivity contribution < 1.29 is 23.9 Å². The van der Waals surface area contributed by atoms with Crippen LogP contribution in [0.4, 0.5) is 17.1 Å². The molecule has 0 saturated carbocycles. The van der Waals surface area contributed by atoms with Crippen molar-refractivity contribution in [2.24, 2.45) is 0 Å². The number of carbonyl (C=O) groups excluding carboxylic acids is 4. The summed E-state index contributed by atoms with van der Waals surface area (Å²) < 4.78 is 5.20. The average Bonchev–Trinajstić information content (AvgIpc) is 3.25. The van der Waals surface area contributed by atoms with E-state index in [-0.39, 0.29) is 27.9 Å². The molecule has 0 radical (unpaired) electrons. The third-order valence-electron chi connectivity index (χ3n) is 6.37. The summed E-state index contributed by atoms with van der Waals surface area (Å²) in [6.45, 7) is 0. The molecule has 0 spiro atoms. The van der Waals surface area contributed by atoms with Crippen molar-refractivity contribution in [3.63, 3.8) is 0 Å². The van der Waals surface area contributed by atoms with E-state index in [1.165, 1.54) is 37.4 Å². The number of nitrogens with zero attached hydrogens (tertiary/aromatic N) is 1. The molecule has 198 valence electrons. The average molecular weight is 540 g/mol. The fourth-order valence-electron chi connectivity index (χ4n) is 4.36. The van der Waals surface area contributed by atoms with Gasteiger partial charge in [0.2, 0.25) is 0 Å². The van der Waals surface area contributed by atoms with Crippen LogP contribution in [0, 0.1) is 24.7 Å². The van der Waals surface area contributed by atoms with Gasteiger partial charge in [-0.05, 0) is 72.8 Å². The lowest BCUT2D eigenvalue weighted by atomic mass is 10.1. The van der Waals surface area contributed by atoms with Gasteiger partial charge < -0.3 is 15.4 Å².